The van der Waals surface area contributed by atoms with Crippen molar-refractivity contribution in [3.63, 3.8) is 0 Å². The summed E-state index contributed by atoms with van der Waals surface area (Å²) in [7, 11) is 0. The molecule has 76 valence electrons. The Morgan fingerprint density at radius 1 is 1.38 bits per heavy atom. The standard InChI is InChI=1S/C12H23N/c1-3-8-12(9-4-2)10-6-5-7-11-13-12/h3,13H,1,4-11H2,2H3. The van der Waals surface area contributed by atoms with Gasteiger partial charge >= 0.3 is 0 Å². The van der Waals surface area contributed by atoms with Crippen molar-refractivity contribution in [3.8, 4) is 0 Å². The number of rotatable bonds is 4. The predicted octanol–water partition coefficient (Wildman–Crippen LogP) is 3.27. The van der Waals surface area contributed by atoms with Gasteiger partial charge in [0.05, 0.1) is 0 Å². The quantitative estimate of drug-likeness (QED) is 0.656. The highest BCUT2D eigenvalue weighted by Gasteiger charge is 2.27. The van der Waals surface area contributed by atoms with E-state index < -0.39 is 0 Å². The largest absolute Gasteiger partial charge is 0.311 e. The second kappa shape index (κ2) is 5.43. The van der Waals surface area contributed by atoms with Gasteiger partial charge in [0.15, 0.2) is 0 Å². The Balaban J connectivity index is 2.55. The van der Waals surface area contributed by atoms with Crippen molar-refractivity contribution in [1.82, 2.24) is 5.32 Å². The molecule has 1 saturated heterocycles. The molecule has 1 fully saturated rings. The fourth-order valence-electron chi connectivity index (χ4n) is 2.45. The molecule has 13 heavy (non-hydrogen) atoms. The van der Waals surface area contributed by atoms with E-state index in [4.69, 9.17) is 0 Å². The average molecular weight is 181 g/mol. The second-order valence-electron chi connectivity index (χ2n) is 4.26. The van der Waals surface area contributed by atoms with Crippen LogP contribution in [0, 0.1) is 0 Å². The maximum absolute atomic E-state index is 3.87. The molecule has 0 aliphatic carbocycles. The minimum Gasteiger partial charge on any atom is -0.311 e. The fraction of sp³-hybridized carbons (Fsp3) is 0.833. The highest BCUT2D eigenvalue weighted by Crippen LogP contribution is 2.27. The SMILES string of the molecule is C=CCC1(CCC)CCCCCN1. The third-order valence-electron chi connectivity index (χ3n) is 3.10. The van der Waals surface area contributed by atoms with Crippen LogP contribution in [0.15, 0.2) is 12.7 Å². The Morgan fingerprint density at radius 2 is 2.23 bits per heavy atom. The van der Waals surface area contributed by atoms with E-state index in [0.29, 0.717) is 5.54 Å². The Bertz CT molecular complexity index is 143. The van der Waals surface area contributed by atoms with E-state index in [1.54, 1.807) is 0 Å². The summed E-state index contributed by atoms with van der Waals surface area (Å²) in [6.07, 6.45) is 11.3. The first-order valence-electron chi connectivity index (χ1n) is 5.69. The van der Waals surface area contributed by atoms with E-state index in [2.05, 4.69) is 24.9 Å². The summed E-state index contributed by atoms with van der Waals surface area (Å²) in [5.74, 6) is 0. The monoisotopic (exact) mass is 181 g/mol. The molecule has 0 aromatic carbocycles. The summed E-state index contributed by atoms with van der Waals surface area (Å²) in [5.41, 5.74) is 0.396. The summed E-state index contributed by atoms with van der Waals surface area (Å²) in [6.45, 7) is 7.35. The van der Waals surface area contributed by atoms with Crippen molar-refractivity contribution < 1.29 is 0 Å². The minimum absolute atomic E-state index is 0.396. The number of nitrogens with one attached hydrogen (secondary N) is 1. The zero-order valence-corrected chi connectivity index (χ0v) is 8.94. The van der Waals surface area contributed by atoms with E-state index in [1.807, 2.05) is 0 Å². The lowest BCUT2D eigenvalue weighted by Gasteiger charge is -2.32. The second-order valence-corrected chi connectivity index (χ2v) is 4.26. The Morgan fingerprint density at radius 3 is 2.92 bits per heavy atom. The van der Waals surface area contributed by atoms with Crippen LogP contribution in [0.1, 0.15) is 51.9 Å². The third-order valence-corrected chi connectivity index (χ3v) is 3.10. The van der Waals surface area contributed by atoms with Gasteiger partial charge < -0.3 is 5.32 Å². The van der Waals surface area contributed by atoms with Gasteiger partial charge in [-0.05, 0) is 32.2 Å². The lowest BCUT2D eigenvalue weighted by Crippen LogP contribution is -2.44. The first-order chi connectivity index (χ1) is 6.33. The normalized spacial score (nSPS) is 29.6. The molecule has 0 aromatic rings. The van der Waals surface area contributed by atoms with Crippen LogP contribution in [0.5, 0.6) is 0 Å². The van der Waals surface area contributed by atoms with Crippen molar-refractivity contribution >= 4 is 0 Å². The molecule has 1 heterocycles. The third kappa shape index (κ3) is 3.15. The molecule has 0 amide bonds. The van der Waals surface area contributed by atoms with Crippen molar-refractivity contribution in [2.75, 3.05) is 6.54 Å². The molecule has 1 aliphatic rings. The van der Waals surface area contributed by atoms with Crippen LogP contribution in [0.4, 0.5) is 0 Å². The smallest absolute Gasteiger partial charge is 0.0215 e. The van der Waals surface area contributed by atoms with Crippen LogP contribution in [-0.2, 0) is 0 Å². The average Bonchev–Trinajstić information content (AvgIpc) is 2.32. The molecule has 0 radical (unpaired) electrons. The van der Waals surface area contributed by atoms with E-state index in [-0.39, 0.29) is 0 Å². The lowest BCUT2D eigenvalue weighted by atomic mass is 9.85. The van der Waals surface area contributed by atoms with E-state index in [1.165, 1.54) is 45.1 Å². The van der Waals surface area contributed by atoms with E-state index in [0.717, 1.165) is 6.42 Å². The van der Waals surface area contributed by atoms with Crippen LogP contribution in [0.3, 0.4) is 0 Å². The van der Waals surface area contributed by atoms with E-state index >= 15 is 0 Å². The zero-order chi connectivity index (χ0) is 9.57. The van der Waals surface area contributed by atoms with Crippen molar-refractivity contribution in [1.29, 1.82) is 0 Å². The predicted molar refractivity (Wildman–Crippen MR) is 58.9 cm³/mol. The molecule has 0 saturated carbocycles. The van der Waals surface area contributed by atoms with Gasteiger partial charge in [0, 0.05) is 5.54 Å². The molecule has 1 N–H and O–H groups in total. The van der Waals surface area contributed by atoms with Crippen molar-refractivity contribution in [2.24, 2.45) is 0 Å². The Hall–Kier alpha value is -0.300. The van der Waals surface area contributed by atoms with Crippen molar-refractivity contribution in [3.05, 3.63) is 12.7 Å². The summed E-state index contributed by atoms with van der Waals surface area (Å²) in [5, 5.41) is 3.73. The number of hydrogen-bond donors (Lipinski definition) is 1. The van der Waals surface area contributed by atoms with Gasteiger partial charge in [0.2, 0.25) is 0 Å². The first kappa shape index (κ1) is 10.8. The van der Waals surface area contributed by atoms with Gasteiger partial charge in [-0.2, -0.15) is 0 Å². The summed E-state index contributed by atoms with van der Waals surface area (Å²) >= 11 is 0. The highest BCUT2D eigenvalue weighted by atomic mass is 15.0. The number of hydrogen-bond acceptors (Lipinski definition) is 1. The van der Waals surface area contributed by atoms with Crippen LogP contribution in [-0.4, -0.2) is 12.1 Å². The summed E-state index contributed by atoms with van der Waals surface area (Å²) < 4.78 is 0. The molecule has 1 rings (SSSR count). The summed E-state index contributed by atoms with van der Waals surface area (Å²) in [6, 6.07) is 0. The van der Waals surface area contributed by atoms with Gasteiger partial charge in [-0.1, -0.05) is 32.3 Å². The molecule has 0 spiro atoms. The highest BCUT2D eigenvalue weighted by molar-refractivity contribution is 4.94. The van der Waals surface area contributed by atoms with Gasteiger partial charge in [-0.15, -0.1) is 6.58 Å². The minimum atomic E-state index is 0.396. The van der Waals surface area contributed by atoms with Gasteiger partial charge in [-0.25, -0.2) is 0 Å². The molecule has 1 aliphatic heterocycles. The lowest BCUT2D eigenvalue weighted by molar-refractivity contribution is 0.293. The van der Waals surface area contributed by atoms with Crippen molar-refractivity contribution in [2.45, 2.75) is 57.4 Å². The maximum atomic E-state index is 3.87. The first-order valence-corrected chi connectivity index (χ1v) is 5.69. The molecule has 1 nitrogen and oxygen atoms in total. The molecule has 1 heteroatoms. The Kier molecular flexibility index (Phi) is 4.51. The summed E-state index contributed by atoms with van der Waals surface area (Å²) in [4.78, 5) is 0. The van der Waals surface area contributed by atoms with Crippen LogP contribution >= 0.6 is 0 Å². The topological polar surface area (TPSA) is 12.0 Å². The molecular weight excluding hydrogens is 158 g/mol. The Labute approximate surface area is 82.6 Å². The fourth-order valence-corrected chi connectivity index (χ4v) is 2.45. The van der Waals surface area contributed by atoms with E-state index in [9.17, 15) is 0 Å². The van der Waals surface area contributed by atoms with Gasteiger partial charge in [0.25, 0.3) is 0 Å². The van der Waals surface area contributed by atoms with Gasteiger partial charge in [-0.3, -0.25) is 0 Å². The van der Waals surface area contributed by atoms with Crippen LogP contribution in [0.2, 0.25) is 0 Å². The van der Waals surface area contributed by atoms with Crippen LogP contribution < -0.4 is 5.32 Å². The molecular formula is C12H23N. The maximum Gasteiger partial charge on any atom is 0.0215 e. The molecule has 1 unspecified atom stereocenters. The van der Waals surface area contributed by atoms with Crippen LogP contribution in [0.25, 0.3) is 0 Å². The molecule has 0 bridgehead atoms. The van der Waals surface area contributed by atoms with Gasteiger partial charge in [0.1, 0.15) is 0 Å². The zero-order valence-electron chi connectivity index (χ0n) is 8.94. The molecule has 1 atom stereocenters. The molecule has 0 aromatic heterocycles.